The predicted octanol–water partition coefficient (Wildman–Crippen LogP) is 3.40. The summed E-state index contributed by atoms with van der Waals surface area (Å²) in [5.41, 5.74) is 3.75. The molecule has 4 fully saturated rings. The molecule has 0 spiro atoms. The maximum absolute atomic E-state index is 13.9. The van der Waals surface area contributed by atoms with E-state index >= 15 is 0 Å². The largest absolute Gasteiger partial charge is 0.353 e. The summed E-state index contributed by atoms with van der Waals surface area (Å²) >= 11 is 0. The van der Waals surface area contributed by atoms with Gasteiger partial charge in [0.1, 0.15) is 5.82 Å². The van der Waals surface area contributed by atoms with E-state index in [4.69, 9.17) is 4.98 Å². The Morgan fingerprint density at radius 3 is 2.29 bits per heavy atom. The lowest BCUT2D eigenvalue weighted by molar-refractivity contribution is -0.125. The summed E-state index contributed by atoms with van der Waals surface area (Å²) in [4.78, 5) is 63.5. The molecule has 1 saturated carbocycles. The molecular weight excluding hydrogens is 520 g/mol. The van der Waals surface area contributed by atoms with Gasteiger partial charge >= 0.3 is 6.03 Å². The van der Waals surface area contributed by atoms with Crippen molar-refractivity contribution < 1.29 is 19.2 Å². The SMILES string of the molecule is CC(=O)N1CCN(c2cc(C3CC(C)(C)NC3=O)ccc2C(=O)N2CCN(c3ncc(C4CC4)cc3C)CC2)C1=O. The summed E-state index contributed by atoms with van der Waals surface area (Å²) in [5, 5.41) is 3.03. The van der Waals surface area contributed by atoms with Crippen LogP contribution in [0.5, 0.6) is 0 Å². The highest BCUT2D eigenvalue weighted by atomic mass is 16.2. The van der Waals surface area contributed by atoms with E-state index in [1.807, 2.05) is 31.0 Å². The van der Waals surface area contributed by atoms with Crippen LogP contribution in [0.2, 0.25) is 0 Å². The van der Waals surface area contributed by atoms with Crippen LogP contribution >= 0.6 is 0 Å². The van der Waals surface area contributed by atoms with Crippen LogP contribution in [-0.4, -0.2) is 83.3 Å². The van der Waals surface area contributed by atoms with Crippen LogP contribution in [-0.2, 0) is 9.59 Å². The molecule has 41 heavy (non-hydrogen) atoms. The highest BCUT2D eigenvalue weighted by Gasteiger charge is 2.40. The number of hydrogen-bond donors (Lipinski definition) is 1. The minimum absolute atomic E-state index is 0.0664. The first-order valence-corrected chi connectivity index (χ1v) is 14.6. The fraction of sp³-hybridized carbons (Fsp3) is 0.516. The van der Waals surface area contributed by atoms with Crippen LogP contribution < -0.4 is 15.1 Å². The van der Waals surface area contributed by atoms with Crippen molar-refractivity contribution in [1.29, 1.82) is 0 Å². The van der Waals surface area contributed by atoms with Gasteiger partial charge in [-0.3, -0.25) is 24.2 Å². The summed E-state index contributed by atoms with van der Waals surface area (Å²) in [6, 6.07) is 7.17. The first-order valence-electron chi connectivity index (χ1n) is 14.6. The van der Waals surface area contributed by atoms with E-state index in [1.165, 1.54) is 35.1 Å². The van der Waals surface area contributed by atoms with Crippen molar-refractivity contribution in [3.8, 4) is 0 Å². The van der Waals surface area contributed by atoms with E-state index in [9.17, 15) is 19.2 Å². The normalized spacial score (nSPS) is 22.4. The third-order valence-corrected chi connectivity index (χ3v) is 8.81. The molecule has 3 saturated heterocycles. The quantitative estimate of drug-likeness (QED) is 0.603. The Kier molecular flexibility index (Phi) is 6.74. The molecule has 3 aliphatic heterocycles. The number of urea groups is 1. The van der Waals surface area contributed by atoms with Gasteiger partial charge < -0.3 is 15.1 Å². The fourth-order valence-corrected chi connectivity index (χ4v) is 6.42. The Bertz CT molecular complexity index is 1430. The third-order valence-electron chi connectivity index (χ3n) is 8.81. The Labute approximate surface area is 240 Å². The van der Waals surface area contributed by atoms with Crippen molar-refractivity contribution in [3.63, 3.8) is 0 Å². The molecule has 10 nitrogen and oxygen atoms in total. The number of hydrogen-bond acceptors (Lipinski definition) is 6. The molecule has 1 atom stereocenters. The molecule has 5 amide bonds. The molecule has 10 heteroatoms. The van der Waals surface area contributed by atoms with Crippen LogP contribution in [0.3, 0.4) is 0 Å². The zero-order chi connectivity index (χ0) is 29.1. The first kappa shape index (κ1) is 27.2. The Morgan fingerprint density at radius 2 is 1.71 bits per heavy atom. The average Bonchev–Trinajstić information content (AvgIpc) is 3.65. The maximum atomic E-state index is 13.9. The molecular formula is C31H38N6O4. The summed E-state index contributed by atoms with van der Waals surface area (Å²) in [6.45, 7) is 10.4. The molecule has 4 heterocycles. The fourth-order valence-electron chi connectivity index (χ4n) is 6.42. The molecule has 1 N–H and O–H groups in total. The lowest BCUT2D eigenvalue weighted by atomic mass is 9.90. The number of nitrogens with one attached hydrogen (secondary N) is 1. The highest BCUT2D eigenvalue weighted by molar-refractivity contribution is 6.09. The predicted molar refractivity (Wildman–Crippen MR) is 155 cm³/mol. The number of imide groups is 1. The zero-order valence-electron chi connectivity index (χ0n) is 24.3. The molecule has 0 radical (unpaired) electrons. The number of carbonyl (C=O) groups is 4. The van der Waals surface area contributed by atoms with Gasteiger partial charge in [-0.05, 0) is 74.8 Å². The van der Waals surface area contributed by atoms with Crippen molar-refractivity contribution in [2.45, 2.75) is 64.3 Å². The van der Waals surface area contributed by atoms with Gasteiger partial charge in [-0.15, -0.1) is 0 Å². The number of amides is 5. The van der Waals surface area contributed by atoms with Gasteiger partial charge in [0, 0.05) is 57.9 Å². The molecule has 2 aromatic rings. The van der Waals surface area contributed by atoms with E-state index < -0.39 is 6.03 Å². The number of piperazine rings is 1. The van der Waals surface area contributed by atoms with E-state index in [2.05, 4.69) is 23.2 Å². The molecule has 1 unspecified atom stereocenters. The first-order chi connectivity index (χ1) is 19.5. The lowest BCUT2D eigenvalue weighted by Gasteiger charge is -2.36. The lowest BCUT2D eigenvalue weighted by Crippen LogP contribution is -2.49. The zero-order valence-corrected chi connectivity index (χ0v) is 24.3. The summed E-state index contributed by atoms with van der Waals surface area (Å²) in [7, 11) is 0. The van der Waals surface area contributed by atoms with Crippen molar-refractivity contribution in [2.75, 3.05) is 49.1 Å². The van der Waals surface area contributed by atoms with Gasteiger partial charge in [0.05, 0.1) is 17.2 Å². The average molecular weight is 559 g/mol. The number of pyridine rings is 1. The third kappa shape index (κ3) is 5.15. The monoisotopic (exact) mass is 558 g/mol. The molecule has 0 bridgehead atoms. The van der Waals surface area contributed by atoms with Gasteiger partial charge in [0.15, 0.2) is 0 Å². The number of carbonyl (C=O) groups excluding carboxylic acids is 4. The second-order valence-electron chi connectivity index (χ2n) is 12.5. The summed E-state index contributed by atoms with van der Waals surface area (Å²) < 4.78 is 0. The number of rotatable bonds is 5. The van der Waals surface area contributed by atoms with Gasteiger partial charge in [-0.25, -0.2) is 9.78 Å². The topological polar surface area (TPSA) is 106 Å². The number of benzene rings is 1. The van der Waals surface area contributed by atoms with Crippen LogP contribution in [0.15, 0.2) is 30.5 Å². The van der Waals surface area contributed by atoms with Crippen LogP contribution in [0.1, 0.15) is 78.9 Å². The second-order valence-corrected chi connectivity index (χ2v) is 12.5. The Hall–Kier alpha value is -3.95. The molecule has 6 rings (SSSR count). The van der Waals surface area contributed by atoms with Crippen LogP contribution in [0.4, 0.5) is 16.3 Å². The van der Waals surface area contributed by atoms with Crippen molar-refractivity contribution in [3.05, 3.63) is 52.7 Å². The minimum Gasteiger partial charge on any atom is -0.353 e. The number of nitrogens with zero attached hydrogens (tertiary/aromatic N) is 5. The van der Waals surface area contributed by atoms with Gasteiger partial charge in [0.25, 0.3) is 5.91 Å². The van der Waals surface area contributed by atoms with E-state index in [-0.39, 0.29) is 35.7 Å². The standard InChI is InChI=1S/C31H38N6O4/c1-19-15-23(21-5-6-21)18-32-27(19)34-9-11-35(12-10-34)29(40)24-8-7-22(25-17-31(3,4)33-28(25)39)16-26(24)37-14-13-36(20(2)38)30(37)41/h7-8,15-16,18,21,25H,5-6,9-14,17H2,1-4H3,(H,33,39). The van der Waals surface area contributed by atoms with Gasteiger partial charge in [-0.1, -0.05) is 12.1 Å². The van der Waals surface area contributed by atoms with Crippen LogP contribution in [0.25, 0.3) is 0 Å². The molecule has 1 aliphatic carbocycles. The maximum Gasteiger partial charge on any atom is 0.331 e. The van der Waals surface area contributed by atoms with Gasteiger partial charge in [-0.2, -0.15) is 0 Å². The van der Waals surface area contributed by atoms with E-state index in [0.29, 0.717) is 56.3 Å². The minimum atomic E-state index is -0.444. The molecule has 1 aromatic carbocycles. The van der Waals surface area contributed by atoms with E-state index in [1.54, 1.807) is 12.1 Å². The number of anilines is 2. The van der Waals surface area contributed by atoms with E-state index in [0.717, 1.165) is 16.9 Å². The second kappa shape index (κ2) is 10.2. The molecule has 1 aromatic heterocycles. The van der Waals surface area contributed by atoms with Gasteiger partial charge in [0.2, 0.25) is 11.8 Å². The number of aromatic nitrogens is 1. The summed E-state index contributed by atoms with van der Waals surface area (Å²) in [6.07, 6.45) is 5.09. The smallest absolute Gasteiger partial charge is 0.331 e. The molecule has 216 valence electrons. The van der Waals surface area contributed by atoms with Crippen molar-refractivity contribution >= 4 is 35.3 Å². The van der Waals surface area contributed by atoms with Crippen LogP contribution in [0, 0.1) is 6.92 Å². The highest BCUT2D eigenvalue weighted by Crippen LogP contribution is 2.41. The van der Waals surface area contributed by atoms with Crippen molar-refractivity contribution in [2.24, 2.45) is 0 Å². The van der Waals surface area contributed by atoms with Crippen molar-refractivity contribution in [1.82, 2.24) is 20.1 Å². The molecule has 4 aliphatic rings. The Balaban J connectivity index is 1.24. The number of aryl methyl sites for hydroxylation is 1. The Morgan fingerprint density at radius 1 is 0.976 bits per heavy atom. The summed E-state index contributed by atoms with van der Waals surface area (Å²) in [5.74, 6) is 0.693.